The Bertz CT molecular complexity index is 609. The number of benzene rings is 1. The third-order valence-corrected chi connectivity index (χ3v) is 2.99. The highest BCUT2D eigenvalue weighted by Crippen LogP contribution is 2.16. The van der Waals surface area contributed by atoms with Gasteiger partial charge in [0.2, 0.25) is 0 Å². The van der Waals surface area contributed by atoms with Gasteiger partial charge in [-0.25, -0.2) is 4.68 Å². The van der Waals surface area contributed by atoms with E-state index < -0.39 is 0 Å². The van der Waals surface area contributed by atoms with Crippen LogP contribution in [0.15, 0.2) is 30.6 Å². The first kappa shape index (κ1) is 14.5. The lowest BCUT2D eigenvalue weighted by Gasteiger charge is -2.11. The highest BCUT2D eigenvalue weighted by atomic mass is 32.1. The van der Waals surface area contributed by atoms with Crippen LogP contribution >= 0.6 is 12.2 Å². The molecule has 2 rings (SSSR count). The number of ether oxygens (including phenoxy) is 1. The van der Waals surface area contributed by atoms with Crippen LogP contribution in [-0.2, 0) is 11.5 Å². The van der Waals surface area contributed by atoms with E-state index in [2.05, 4.69) is 41.7 Å². The summed E-state index contributed by atoms with van der Waals surface area (Å²) in [6.45, 7) is 4.53. The zero-order valence-electron chi connectivity index (χ0n) is 11.8. The second kappa shape index (κ2) is 6.49. The van der Waals surface area contributed by atoms with Crippen molar-refractivity contribution in [3.8, 4) is 0 Å². The van der Waals surface area contributed by atoms with Crippen molar-refractivity contribution in [1.29, 1.82) is 0 Å². The molecule has 2 aromatic rings. The first-order chi connectivity index (χ1) is 9.58. The molecule has 0 atom stereocenters. The number of hydrogen-bond acceptors (Lipinski definition) is 3. The summed E-state index contributed by atoms with van der Waals surface area (Å²) in [6, 6.07) is 6.18. The fourth-order valence-corrected chi connectivity index (χ4v) is 2.10. The predicted octanol–water partition coefficient (Wildman–Crippen LogP) is 2.91. The molecule has 0 aliphatic rings. The third kappa shape index (κ3) is 3.79. The minimum Gasteiger partial charge on any atom is -0.362 e. The lowest BCUT2D eigenvalue weighted by molar-refractivity contribution is 0.120. The monoisotopic (exact) mass is 290 g/mol. The molecule has 6 heteroatoms. The number of nitrogens with zero attached hydrogens (tertiary/aromatic N) is 2. The number of hydrogen-bond donors (Lipinski definition) is 2. The number of nitrogens with one attached hydrogen (secondary N) is 2. The van der Waals surface area contributed by atoms with Crippen molar-refractivity contribution in [3.63, 3.8) is 0 Å². The minimum absolute atomic E-state index is 0.416. The van der Waals surface area contributed by atoms with Gasteiger partial charge in [0.25, 0.3) is 0 Å². The molecule has 2 N–H and O–H groups in total. The number of thiocarbonyl (C=S) groups is 1. The van der Waals surface area contributed by atoms with E-state index in [4.69, 9.17) is 17.0 Å². The summed E-state index contributed by atoms with van der Waals surface area (Å²) in [7, 11) is 1.63. The molecule has 0 saturated carbocycles. The van der Waals surface area contributed by atoms with Gasteiger partial charge in [-0.1, -0.05) is 17.7 Å². The molecule has 0 unspecified atom stereocenters. The van der Waals surface area contributed by atoms with Crippen molar-refractivity contribution >= 4 is 28.7 Å². The summed E-state index contributed by atoms with van der Waals surface area (Å²) in [4.78, 5) is 0. The molecule has 0 spiro atoms. The molecule has 0 fully saturated rings. The zero-order chi connectivity index (χ0) is 14.5. The molecule has 20 heavy (non-hydrogen) atoms. The van der Waals surface area contributed by atoms with Gasteiger partial charge in [-0.05, 0) is 37.7 Å². The molecule has 1 aromatic heterocycles. The van der Waals surface area contributed by atoms with Gasteiger partial charge in [-0.3, -0.25) is 0 Å². The second-order valence-corrected chi connectivity index (χ2v) is 4.99. The van der Waals surface area contributed by atoms with Crippen LogP contribution in [0.4, 0.5) is 11.4 Å². The highest BCUT2D eigenvalue weighted by Gasteiger charge is 2.03. The topological polar surface area (TPSA) is 51.1 Å². The molecule has 0 amide bonds. The summed E-state index contributed by atoms with van der Waals surface area (Å²) in [5.41, 5.74) is 4.21. The molecule has 106 valence electrons. The molecular formula is C14H18N4OS. The van der Waals surface area contributed by atoms with Crippen LogP contribution in [0.3, 0.4) is 0 Å². The van der Waals surface area contributed by atoms with Crippen molar-refractivity contribution in [2.75, 3.05) is 17.7 Å². The smallest absolute Gasteiger partial charge is 0.175 e. The summed E-state index contributed by atoms with van der Waals surface area (Å²) in [5.74, 6) is 0. The summed E-state index contributed by atoms with van der Waals surface area (Å²) < 4.78 is 6.68. The van der Waals surface area contributed by atoms with Crippen molar-refractivity contribution in [2.45, 2.75) is 20.6 Å². The van der Waals surface area contributed by atoms with Gasteiger partial charge >= 0.3 is 0 Å². The molecule has 0 aliphatic heterocycles. The molecule has 0 saturated heterocycles. The van der Waals surface area contributed by atoms with Gasteiger partial charge in [0.1, 0.15) is 6.73 Å². The Morgan fingerprint density at radius 2 is 2.15 bits per heavy atom. The van der Waals surface area contributed by atoms with Crippen LogP contribution in [0, 0.1) is 13.8 Å². The Labute approximate surface area is 123 Å². The SMILES string of the molecule is COCn1cc(NC(=S)Nc2ccc(C)cc2C)cn1. The first-order valence-corrected chi connectivity index (χ1v) is 6.66. The Kier molecular flexibility index (Phi) is 4.70. The Morgan fingerprint density at radius 1 is 1.35 bits per heavy atom. The summed E-state index contributed by atoms with van der Waals surface area (Å²) in [6.07, 6.45) is 3.54. The van der Waals surface area contributed by atoms with Gasteiger partial charge in [0, 0.05) is 12.8 Å². The zero-order valence-corrected chi connectivity index (χ0v) is 12.6. The van der Waals surface area contributed by atoms with E-state index in [1.54, 1.807) is 18.0 Å². The number of rotatable bonds is 4. The maximum absolute atomic E-state index is 5.29. The van der Waals surface area contributed by atoms with E-state index in [0.717, 1.165) is 16.9 Å². The lowest BCUT2D eigenvalue weighted by atomic mass is 10.1. The molecule has 5 nitrogen and oxygen atoms in total. The normalized spacial score (nSPS) is 10.3. The predicted molar refractivity (Wildman–Crippen MR) is 85.0 cm³/mol. The highest BCUT2D eigenvalue weighted by molar-refractivity contribution is 7.80. The van der Waals surface area contributed by atoms with Crippen molar-refractivity contribution in [2.24, 2.45) is 0 Å². The molecule has 0 aliphatic carbocycles. The number of aryl methyl sites for hydroxylation is 2. The van der Waals surface area contributed by atoms with Gasteiger partial charge < -0.3 is 15.4 Å². The molecular weight excluding hydrogens is 272 g/mol. The fraction of sp³-hybridized carbons (Fsp3) is 0.286. The van der Waals surface area contributed by atoms with E-state index >= 15 is 0 Å². The lowest BCUT2D eigenvalue weighted by Crippen LogP contribution is -2.19. The number of anilines is 2. The number of methoxy groups -OCH3 is 1. The summed E-state index contributed by atoms with van der Waals surface area (Å²) in [5, 5.41) is 10.9. The van der Waals surface area contributed by atoms with E-state index in [0.29, 0.717) is 11.8 Å². The van der Waals surface area contributed by atoms with Gasteiger partial charge in [0.15, 0.2) is 5.11 Å². The molecule has 0 radical (unpaired) electrons. The van der Waals surface area contributed by atoms with Gasteiger partial charge in [-0.15, -0.1) is 0 Å². The average molecular weight is 290 g/mol. The maximum Gasteiger partial charge on any atom is 0.175 e. The summed E-state index contributed by atoms with van der Waals surface area (Å²) >= 11 is 5.29. The minimum atomic E-state index is 0.416. The van der Waals surface area contributed by atoms with Crippen LogP contribution in [-0.4, -0.2) is 22.0 Å². The Balaban J connectivity index is 1.97. The van der Waals surface area contributed by atoms with E-state index in [9.17, 15) is 0 Å². The number of aromatic nitrogens is 2. The van der Waals surface area contributed by atoms with Crippen LogP contribution in [0.2, 0.25) is 0 Å². The van der Waals surface area contributed by atoms with Crippen LogP contribution in [0.25, 0.3) is 0 Å². The molecule has 0 bridgehead atoms. The largest absolute Gasteiger partial charge is 0.362 e. The molecule has 1 heterocycles. The van der Waals surface area contributed by atoms with Gasteiger partial charge in [0.05, 0.1) is 18.1 Å². The maximum atomic E-state index is 5.29. The average Bonchev–Trinajstić information content (AvgIpc) is 2.81. The van der Waals surface area contributed by atoms with Crippen LogP contribution in [0.1, 0.15) is 11.1 Å². The molecule has 1 aromatic carbocycles. The van der Waals surface area contributed by atoms with E-state index in [1.165, 1.54) is 5.56 Å². The van der Waals surface area contributed by atoms with Crippen molar-refractivity contribution in [1.82, 2.24) is 9.78 Å². The van der Waals surface area contributed by atoms with E-state index in [1.807, 2.05) is 12.3 Å². The quantitative estimate of drug-likeness (QED) is 0.848. The third-order valence-electron chi connectivity index (χ3n) is 2.78. The fourth-order valence-electron chi connectivity index (χ4n) is 1.87. The van der Waals surface area contributed by atoms with Crippen molar-refractivity contribution < 1.29 is 4.74 Å². The first-order valence-electron chi connectivity index (χ1n) is 6.25. The van der Waals surface area contributed by atoms with Crippen molar-refractivity contribution in [3.05, 3.63) is 41.7 Å². The van der Waals surface area contributed by atoms with Crippen LogP contribution < -0.4 is 10.6 Å². The van der Waals surface area contributed by atoms with Gasteiger partial charge in [-0.2, -0.15) is 5.10 Å². The Hall–Kier alpha value is -1.92. The second-order valence-electron chi connectivity index (χ2n) is 4.58. The van der Waals surface area contributed by atoms with E-state index in [-0.39, 0.29) is 0 Å². The standard InChI is InChI=1S/C14H18N4OS/c1-10-4-5-13(11(2)6-10)17-14(20)16-12-7-15-18(8-12)9-19-3/h4-8H,9H2,1-3H3,(H2,16,17,20). The Morgan fingerprint density at radius 3 is 2.85 bits per heavy atom. The van der Waals surface area contributed by atoms with Crippen LogP contribution in [0.5, 0.6) is 0 Å².